The number of rotatable bonds is 11. The summed E-state index contributed by atoms with van der Waals surface area (Å²) < 4.78 is 17.2. The SMILES string of the molecule is CCC[C@@H](CC(O)C#CCCCOC1CCCCO1)OCc1ccccc1. The van der Waals surface area contributed by atoms with Crippen molar-refractivity contribution in [1.29, 1.82) is 0 Å². The highest BCUT2D eigenvalue weighted by Gasteiger charge is 2.14. The lowest BCUT2D eigenvalue weighted by atomic mass is 10.1. The van der Waals surface area contributed by atoms with Crippen molar-refractivity contribution in [3.8, 4) is 11.8 Å². The predicted molar refractivity (Wildman–Crippen MR) is 107 cm³/mol. The lowest BCUT2D eigenvalue weighted by Crippen LogP contribution is -2.22. The van der Waals surface area contributed by atoms with Crippen molar-refractivity contribution in [1.82, 2.24) is 0 Å². The number of ether oxygens (including phenoxy) is 3. The summed E-state index contributed by atoms with van der Waals surface area (Å²) in [6.07, 6.45) is 6.78. The van der Waals surface area contributed by atoms with E-state index in [-0.39, 0.29) is 12.4 Å². The lowest BCUT2D eigenvalue weighted by Gasteiger charge is -2.22. The number of unbranched alkanes of at least 4 members (excludes halogenated alkanes) is 1. The average molecular weight is 375 g/mol. The van der Waals surface area contributed by atoms with Gasteiger partial charge >= 0.3 is 0 Å². The second-order valence-electron chi connectivity index (χ2n) is 7.05. The van der Waals surface area contributed by atoms with E-state index in [4.69, 9.17) is 14.2 Å². The van der Waals surface area contributed by atoms with Gasteiger partial charge in [-0.3, -0.25) is 0 Å². The molecular weight excluding hydrogens is 340 g/mol. The first-order chi connectivity index (χ1) is 13.3. The van der Waals surface area contributed by atoms with Gasteiger partial charge in [-0.15, -0.1) is 5.92 Å². The summed E-state index contributed by atoms with van der Waals surface area (Å²) in [6, 6.07) is 10.1. The molecule has 0 aromatic heterocycles. The van der Waals surface area contributed by atoms with Crippen molar-refractivity contribution in [2.45, 2.75) is 83.4 Å². The molecule has 150 valence electrons. The highest BCUT2D eigenvalue weighted by atomic mass is 16.7. The van der Waals surface area contributed by atoms with E-state index in [2.05, 4.69) is 30.9 Å². The van der Waals surface area contributed by atoms with Gasteiger partial charge in [0.05, 0.1) is 19.3 Å². The molecule has 4 heteroatoms. The molecule has 0 spiro atoms. The van der Waals surface area contributed by atoms with E-state index >= 15 is 0 Å². The van der Waals surface area contributed by atoms with Crippen LogP contribution in [0.5, 0.6) is 0 Å². The molecule has 1 N–H and O–H groups in total. The number of hydrogen-bond acceptors (Lipinski definition) is 4. The molecule has 1 fully saturated rings. The smallest absolute Gasteiger partial charge is 0.157 e. The highest BCUT2D eigenvalue weighted by Crippen LogP contribution is 2.14. The molecule has 1 heterocycles. The van der Waals surface area contributed by atoms with Gasteiger partial charge in [-0.05, 0) is 37.7 Å². The van der Waals surface area contributed by atoms with Gasteiger partial charge in [0.1, 0.15) is 6.10 Å². The van der Waals surface area contributed by atoms with E-state index in [0.29, 0.717) is 19.6 Å². The Morgan fingerprint density at radius 2 is 2.11 bits per heavy atom. The Kier molecular flexibility index (Phi) is 11.2. The summed E-state index contributed by atoms with van der Waals surface area (Å²) in [7, 11) is 0. The minimum atomic E-state index is -0.639. The second kappa shape index (κ2) is 13.7. The van der Waals surface area contributed by atoms with Gasteiger partial charge in [0, 0.05) is 19.4 Å². The largest absolute Gasteiger partial charge is 0.380 e. The third-order valence-electron chi connectivity index (χ3n) is 4.58. The minimum absolute atomic E-state index is 0.0335. The molecule has 1 aromatic rings. The van der Waals surface area contributed by atoms with Crippen LogP contribution >= 0.6 is 0 Å². The zero-order valence-corrected chi connectivity index (χ0v) is 16.6. The van der Waals surface area contributed by atoms with Gasteiger partial charge in [0.2, 0.25) is 0 Å². The first kappa shape index (κ1) is 21.9. The van der Waals surface area contributed by atoms with Crippen LogP contribution in [0.4, 0.5) is 0 Å². The lowest BCUT2D eigenvalue weighted by molar-refractivity contribution is -0.162. The van der Waals surface area contributed by atoms with Crippen LogP contribution in [0.3, 0.4) is 0 Å². The molecule has 0 radical (unpaired) electrons. The Hall–Kier alpha value is -1.38. The number of benzene rings is 1. The molecule has 2 rings (SSSR count). The van der Waals surface area contributed by atoms with E-state index in [0.717, 1.165) is 50.7 Å². The second-order valence-corrected chi connectivity index (χ2v) is 7.05. The quantitative estimate of drug-likeness (QED) is 0.459. The van der Waals surface area contributed by atoms with Gasteiger partial charge in [0.15, 0.2) is 6.29 Å². The Morgan fingerprint density at radius 1 is 1.26 bits per heavy atom. The monoisotopic (exact) mass is 374 g/mol. The van der Waals surface area contributed by atoms with Crippen LogP contribution in [-0.2, 0) is 20.8 Å². The van der Waals surface area contributed by atoms with Gasteiger partial charge in [-0.2, -0.15) is 0 Å². The zero-order chi connectivity index (χ0) is 19.2. The van der Waals surface area contributed by atoms with Crippen LogP contribution in [0.2, 0.25) is 0 Å². The summed E-state index contributed by atoms with van der Waals surface area (Å²) in [5.41, 5.74) is 1.15. The number of aliphatic hydroxyl groups is 1. The Morgan fingerprint density at radius 3 is 2.85 bits per heavy atom. The first-order valence-corrected chi connectivity index (χ1v) is 10.3. The van der Waals surface area contributed by atoms with Crippen LogP contribution in [0.25, 0.3) is 0 Å². The summed E-state index contributed by atoms with van der Waals surface area (Å²) in [6.45, 7) is 4.18. The van der Waals surface area contributed by atoms with Crippen molar-refractivity contribution >= 4 is 0 Å². The summed E-state index contributed by atoms with van der Waals surface area (Å²) in [4.78, 5) is 0. The van der Waals surface area contributed by atoms with Crippen molar-refractivity contribution in [2.75, 3.05) is 13.2 Å². The van der Waals surface area contributed by atoms with Crippen LogP contribution in [0, 0.1) is 11.8 Å². The molecular formula is C23H34O4. The van der Waals surface area contributed by atoms with Crippen LogP contribution in [0.15, 0.2) is 30.3 Å². The average Bonchev–Trinajstić information content (AvgIpc) is 2.70. The van der Waals surface area contributed by atoms with Crippen LogP contribution < -0.4 is 0 Å². The fraction of sp³-hybridized carbons (Fsp3) is 0.652. The standard InChI is InChI=1S/C23H34O4/c1-2-11-22(27-19-20-12-5-3-6-13-20)18-21(24)14-7-4-9-16-25-23-15-8-10-17-26-23/h3,5-6,12-13,21-24H,2,4,8-11,15-19H2,1H3/t21?,22-,23?/m0/s1. The molecule has 3 atom stereocenters. The maximum absolute atomic E-state index is 10.2. The normalized spacial score (nSPS) is 19.1. The van der Waals surface area contributed by atoms with Gasteiger partial charge in [-0.25, -0.2) is 0 Å². The van der Waals surface area contributed by atoms with Crippen molar-refractivity contribution in [3.05, 3.63) is 35.9 Å². The molecule has 0 aliphatic carbocycles. The molecule has 1 saturated heterocycles. The summed E-state index contributed by atoms with van der Waals surface area (Å²) in [5, 5.41) is 10.2. The zero-order valence-electron chi connectivity index (χ0n) is 16.6. The van der Waals surface area contributed by atoms with Crippen LogP contribution in [0.1, 0.15) is 63.9 Å². The summed E-state index contributed by atoms with van der Waals surface area (Å²) >= 11 is 0. The van der Waals surface area contributed by atoms with Crippen molar-refractivity contribution in [2.24, 2.45) is 0 Å². The van der Waals surface area contributed by atoms with Gasteiger partial charge < -0.3 is 19.3 Å². The third-order valence-corrected chi connectivity index (χ3v) is 4.58. The fourth-order valence-corrected chi connectivity index (χ4v) is 3.10. The minimum Gasteiger partial charge on any atom is -0.380 e. The van der Waals surface area contributed by atoms with E-state index in [1.165, 1.54) is 6.42 Å². The van der Waals surface area contributed by atoms with Gasteiger partial charge in [-0.1, -0.05) is 49.6 Å². The van der Waals surface area contributed by atoms with Crippen molar-refractivity contribution < 1.29 is 19.3 Å². The molecule has 1 aliphatic heterocycles. The van der Waals surface area contributed by atoms with Crippen LogP contribution in [-0.4, -0.2) is 36.8 Å². The van der Waals surface area contributed by atoms with Crippen molar-refractivity contribution in [3.63, 3.8) is 0 Å². The number of aliphatic hydroxyl groups excluding tert-OH is 1. The molecule has 1 aliphatic rings. The molecule has 0 bridgehead atoms. The third kappa shape index (κ3) is 9.93. The van der Waals surface area contributed by atoms with E-state index in [1.54, 1.807) is 0 Å². The maximum Gasteiger partial charge on any atom is 0.157 e. The molecule has 0 saturated carbocycles. The van der Waals surface area contributed by atoms with E-state index in [1.807, 2.05) is 18.2 Å². The molecule has 0 amide bonds. The fourth-order valence-electron chi connectivity index (χ4n) is 3.10. The predicted octanol–water partition coefficient (Wildman–Crippen LogP) is 4.45. The first-order valence-electron chi connectivity index (χ1n) is 10.3. The molecule has 2 unspecified atom stereocenters. The number of hydrogen-bond donors (Lipinski definition) is 1. The highest BCUT2D eigenvalue weighted by molar-refractivity contribution is 5.13. The Balaban J connectivity index is 1.61. The Labute approximate surface area is 164 Å². The van der Waals surface area contributed by atoms with Gasteiger partial charge in [0.25, 0.3) is 0 Å². The van der Waals surface area contributed by atoms with E-state index in [9.17, 15) is 5.11 Å². The molecule has 1 aromatic carbocycles. The Bertz CT molecular complexity index is 542. The topological polar surface area (TPSA) is 47.9 Å². The molecule has 4 nitrogen and oxygen atoms in total. The van der Waals surface area contributed by atoms with E-state index < -0.39 is 6.10 Å². The molecule has 27 heavy (non-hydrogen) atoms. The summed E-state index contributed by atoms with van der Waals surface area (Å²) in [5.74, 6) is 6.01. The maximum atomic E-state index is 10.2.